The minimum Gasteiger partial charge on any atom is -0.339 e. The first-order valence-corrected chi connectivity index (χ1v) is 8.61. The van der Waals surface area contributed by atoms with Crippen LogP contribution in [0.25, 0.3) is 11.4 Å². The Morgan fingerprint density at radius 2 is 2.00 bits per heavy atom. The molecule has 0 atom stereocenters. The van der Waals surface area contributed by atoms with Gasteiger partial charge in [0.1, 0.15) is 5.82 Å². The van der Waals surface area contributed by atoms with Gasteiger partial charge in [-0.1, -0.05) is 40.5 Å². The van der Waals surface area contributed by atoms with E-state index in [-0.39, 0.29) is 22.4 Å². The fourth-order valence-corrected chi connectivity index (χ4v) is 3.22. The standard InChI is InChI=1S/C18H12Cl2FN3O2/c19-12-3-1-2-10(6-12)16-22-17(26-23-16)11-8-24(9-11)18(25)14-5-4-13(21)7-15(14)20/h1-7,11H,8-9H2. The van der Waals surface area contributed by atoms with Crippen molar-refractivity contribution < 1.29 is 13.7 Å². The highest BCUT2D eigenvalue weighted by atomic mass is 35.5. The molecular weight excluding hydrogens is 380 g/mol. The Morgan fingerprint density at radius 1 is 1.19 bits per heavy atom. The number of rotatable bonds is 3. The lowest BCUT2D eigenvalue weighted by molar-refractivity contribution is 0.0569. The van der Waals surface area contributed by atoms with Gasteiger partial charge in [0.25, 0.3) is 5.91 Å². The van der Waals surface area contributed by atoms with Crippen molar-refractivity contribution in [3.63, 3.8) is 0 Å². The molecule has 1 aliphatic rings. The summed E-state index contributed by atoms with van der Waals surface area (Å²) in [5.41, 5.74) is 1.04. The van der Waals surface area contributed by atoms with E-state index in [9.17, 15) is 9.18 Å². The van der Waals surface area contributed by atoms with Gasteiger partial charge in [0, 0.05) is 23.7 Å². The second-order valence-corrected chi connectivity index (χ2v) is 6.84. The third-order valence-electron chi connectivity index (χ3n) is 4.20. The molecule has 8 heteroatoms. The van der Waals surface area contributed by atoms with Crippen LogP contribution >= 0.6 is 23.2 Å². The van der Waals surface area contributed by atoms with E-state index in [1.807, 2.05) is 12.1 Å². The minimum absolute atomic E-state index is 0.0430. The van der Waals surface area contributed by atoms with Crippen molar-refractivity contribution in [2.75, 3.05) is 13.1 Å². The molecule has 4 rings (SSSR count). The second kappa shape index (κ2) is 6.70. The maximum Gasteiger partial charge on any atom is 0.255 e. The Labute approximate surface area is 158 Å². The van der Waals surface area contributed by atoms with Crippen LogP contribution in [0.2, 0.25) is 10.0 Å². The molecular formula is C18H12Cl2FN3O2. The van der Waals surface area contributed by atoms with Gasteiger partial charge in [-0.25, -0.2) is 4.39 Å². The summed E-state index contributed by atoms with van der Waals surface area (Å²) in [6.45, 7) is 0.868. The van der Waals surface area contributed by atoms with Crippen LogP contribution in [0.5, 0.6) is 0 Å². The largest absolute Gasteiger partial charge is 0.339 e. The molecule has 1 aliphatic heterocycles. The van der Waals surface area contributed by atoms with Gasteiger partial charge in [0.05, 0.1) is 16.5 Å². The highest BCUT2D eigenvalue weighted by Crippen LogP contribution is 2.30. The summed E-state index contributed by atoms with van der Waals surface area (Å²) >= 11 is 11.9. The Balaban J connectivity index is 1.44. The molecule has 1 fully saturated rings. The molecule has 5 nitrogen and oxygen atoms in total. The van der Waals surface area contributed by atoms with Crippen LogP contribution in [0.3, 0.4) is 0 Å². The molecule has 1 saturated heterocycles. The van der Waals surface area contributed by atoms with Gasteiger partial charge in [-0.15, -0.1) is 0 Å². The number of halogens is 3. The van der Waals surface area contributed by atoms with Gasteiger partial charge in [-0.2, -0.15) is 4.98 Å². The number of benzene rings is 2. The number of carbonyl (C=O) groups excluding carboxylic acids is 1. The number of aromatic nitrogens is 2. The van der Waals surface area contributed by atoms with E-state index in [4.69, 9.17) is 27.7 Å². The van der Waals surface area contributed by atoms with Gasteiger partial charge >= 0.3 is 0 Å². The Hall–Kier alpha value is -2.44. The molecule has 2 heterocycles. The van der Waals surface area contributed by atoms with Gasteiger partial charge in [-0.3, -0.25) is 4.79 Å². The third-order valence-corrected chi connectivity index (χ3v) is 4.75. The summed E-state index contributed by atoms with van der Waals surface area (Å²) in [7, 11) is 0. The maximum atomic E-state index is 13.1. The van der Waals surface area contributed by atoms with Crippen molar-refractivity contribution >= 4 is 29.1 Å². The first-order valence-electron chi connectivity index (χ1n) is 7.85. The molecule has 1 amide bonds. The summed E-state index contributed by atoms with van der Waals surface area (Å²) in [6.07, 6.45) is 0. The van der Waals surface area contributed by atoms with Crippen LogP contribution < -0.4 is 0 Å². The molecule has 26 heavy (non-hydrogen) atoms. The lowest BCUT2D eigenvalue weighted by Gasteiger charge is -2.37. The van der Waals surface area contributed by atoms with E-state index in [0.29, 0.717) is 29.8 Å². The third kappa shape index (κ3) is 3.18. The predicted octanol–water partition coefficient (Wildman–Crippen LogP) is 4.42. The van der Waals surface area contributed by atoms with E-state index in [0.717, 1.165) is 11.6 Å². The van der Waals surface area contributed by atoms with Gasteiger partial charge in [-0.05, 0) is 30.3 Å². The number of amides is 1. The van der Waals surface area contributed by atoms with Crippen molar-refractivity contribution in [3.05, 3.63) is 69.8 Å². The summed E-state index contributed by atoms with van der Waals surface area (Å²) in [6, 6.07) is 10.9. The van der Waals surface area contributed by atoms with Gasteiger partial charge in [0.15, 0.2) is 0 Å². The average molecular weight is 392 g/mol. The molecule has 0 bridgehead atoms. The highest BCUT2D eigenvalue weighted by molar-refractivity contribution is 6.33. The van der Waals surface area contributed by atoms with Crippen molar-refractivity contribution in [2.45, 2.75) is 5.92 Å². The van der Waals surface area contributed by atoms with Gasteiger partial charge < -0.3 is 9.42 Å². The Bertz CT molecular complexity index is 986. The van der Waals surface area contributed by atoms with Crippen LogP contribution in [-0.2, 0) is 0 Å². The van der Waals surface area contributed by atoms with E-state index >= 15 is 0 Å². The average Bonchev–Trinajstić information content (AvgIpc) is 3.03. The number of likely N-dealkylation sites (tertiary alicyclic amines) is 1. The van der Waals surface area contributed by atoms with Crippen LogP contribution in [0.15, 0.2) is 47.0 Å². The molecule has 0 spiro atoms. The van der Waals surface area contributed by atoms with E-state index in [1.165, 1.54) is 12.1 Å². The SMILES string of the molecule is O=C(c1ccc(F)cc1Cl)N1CC(c2nc(-c3cccc(Cl)c3)no2)C1. The smallest absolute Gasteiger partial charge is 0.255 e. The lowest BCUT2D eigenvalue weighted by atomic mass is 9.98. The van der Waals surface area contributed by atoms with Gasteiger partial charge in [0.2, 0.25) is 11.7 Å². The Morgan fingerprint density at radius 3 is 2.73 bits per heavy atom. The second-order valence-electron chi connectivity index (χ2n) is 6.00. The van der Waals surface area contributed by atoms with Crippen LogP contribution in [0.1, 0.15) is 22.2 Å². The first-order chi connectivity index (χ1) is 12.5. The molecule has 3 aromatic rings. The Kier molecular flexibility index (Phi) is 4.38. The molecule has 132 valence electrons. The summed E-state index contributed by atoms with van der Waals surface area (Å²) in [4.78, 5) is 18.4. The number of nitrogens with zero attached hydrogens (tertiary/aromatic N) is 3. The van der Waals surface area contributed by atoms with E-state index < -0.39 is 5.82 Å². The number of carbonyl (C=O) groups is 1. The van der Waals surface area contributed by atoms with Crippen molar-refractivity contribution in [2.24, 2.45) is 0 Å². The van der Waals surface area contributed by atoms with Crippen molar-refractivity contribution in [1.82, 2.24) is 15.0 Å². The monoisotopic (exact) mass is 391 g/mol. The zero-order valence-electron chi connectivity index (χ0n) is 13.3. The quantitative estimate of drug-likeness (QED) is 0.662. The van der Waals surface area contributed by atoms with Crippen LogP contribution in [0.4, 0.5) is 4.39 Å². The van der Waals surface area contributed by atoms with Crippen LogP contribution in [-0.4, -0.2) is 34.0 Å². The predicted molar refractivity (Wildman–Crippen MR) is 94.8 cm³/mol. The van der Waals surface area contributed by atoms with Crippen molar-refractivity contribution in [3.8, 4) is 11.4 Å². The fraction of sp³-hybridized carbons (Fsp3) is 0.167. The van der Waals surface area contributed by atoms with Crippen LogP contribution in [0, 0.1) is 5.82 Å². The minimum atomic E-state index is -0.479. The van der Waals surface area contributed by atoms with E-state index in [1.54, 1.807) is 17.0 Å². The number of hydrogen-bond donors (Lipinski definition) is 0. The summed E-state index contributed by atoms with van der Waals surface area (Å²) in [5, 5.41) is 4.66. The lowest BCUT2D eigenvalue weighted by Crippen LogP contribution is -2.48. The molecule has 2 aromatic carbocycles. The molecule has 0 aliphatic carbocycles. The molecule has 0 unspecified atom stereocenters. The normalized spacial score (nSPS) is 14.3. The van der Waals surface area contributed by atoms with E-state index in [2.05, 4.69) is 10.1 Å². The molecule has 0 saturated carbocycles. The molecule has 0 N–H and O–H groups in total. The molecule has 0 radical (unpaired) electrons. The maximum absolute atomic E-state index is 13.1. The fourth-order valence-electron chi connectivity index (χ4n) is 2.78. The first kappa shape index (κ1) is 17.0. The number of hydrogen-bond acceptors (Lipinski definition) is 4. The highest BCUT2D eigenvalue weighted by Gasteiger charge is 2.36. The molecule has 1 aromatic heterocycles. The zero-order chi connectivity index (χ0) is 18.3. The zero-order valence-corrected chi connectivity index (χ0v) is 14.8. The summed E-state index contributed by atoms with van der Waals surface area (Å²) < 4.78 is 18.4. The summed E-state index contributed by atoms with van der Waals surface area (Å²) in [5.74, 6) is 0.148. The van der Waals surface area contributed by atoms with Crippen molar-refractivity contribution in [1.29, 1.82) is 0 Å². The topological polar surface area (TPSA) is 59.2 Å².